The smallest absolute Gasteiger partial charge is 0.321 e. The molecule has 158 valence electrons. The summed E-state index contributed by atoms with van der Waals surface area (Å²) < 4.78 is 1.27. The molecule has 0 aliphatic carbocycles. The van der Waals surface area contributed by atoms with Crippen LogP contribution in [-0.2, 0) is 6.42 Å². The zero-order chi connectivity index (χ0) is 22.0. The summed E-state index contributed by atoms with van der Waals surface area (Å²) in [6, 6.07) is 14.3. The van der Waals surface area contributed by atoms with Crippen molar-refractivity contribution in [2.45, 2.75) is 19.8 Å². The molecule has 1 aromatic heterocycles. The van der Waals surface area contributed by atoms with E-state index in [9.17, 15) is 14.4 Å². The minimum Gasteiger partial charge on any atom is -0.341 e. The van der Waals surface area contributed by atoms with Gasteiger partial charge < -0.3 is 10.6 Å². The quantitative estimate of drug-likeness (QED) is 0.681. The third-order valence-corrected chi connectivity index (χ3v) is 5.28. The van der Waals surface area contributed by atoms with Crippen LogP contribution in [0.1, 0.15) is 34.1 Å². The Kier molecular flexibility index (Phi) is 5.53. The number of nitrogens with one attached hydrogen (secondary N) is 2. The number of hydrogen-bond acceptors (Lipinski definition) is 4. The minimum absolute atomic E-state index is 0.160. The average Bonchev–Trinajstić information content (AvgIpc) is 3.29. The maximum Gasteiger partial charge on any atom is 0.321 e. The van der Waals surface area contributed by atoms with Gasteiger partial charge in [0.2, 0.25) is 5.91 Å². The van der Waals surface area contributed by atoms with Crippen LogP contribution in [0, 0.1) is 0 Å². The lowest BCUT2D eigenvalue weighted by molar-refractivity contribution is 0.0921. The molecule has 31 heavy (non-hydrogen) atoms. The SMILES string of the molecule is CNC(=O)N1CCCc2ccc(NC(=O)c3ccc(-c4ccn(C(C)=O)n4)cc3)cc21. The number of hydrogen-bond donors (Lipinski definition) is 2. The van der Waals surface area contributed by atoms with Gasteiger partial charge >= 0.3 is 6.03 Å². The van der Waals surface area contributed by atoms with Crippen molar-refractivity contribution in [2.24, 2.45) is 0 Å². The number of fused-ring (bicyclic) bond motifs is 1. The second-order valence-corrected chi connectivity index (χ2v) is 7.35. The van der Waals surface area contributed by atoms with E-state index < -0.39 is 0 Å². The van der Waals surface area contributed by atoms with Crippen molar-refractivity contribution in [3.8, 4) is 11.3 Å². The highest BCUT2D eigenvalue weighted by Crippen LogP contribution is 2.30. The number of amides is 3. The number of carbonyl (C=O) groups is 3. The number of aryl methyl sites for hydroxylation is 1. The van der Waals surface area contributed by atoms with Gasteiger partial charge in [0.05, 0.1) is 11.4 Å². The lowest BCUT2D eigenvalue weighted by atomic mass is 10.0. The first-order valence-corrected chi connectivity index (χ1v) is 10.1. The summed E-state index contributed by atoms with van der Waals surface area (Å²) in [4.78, 5) is 38.0. The van der Waals surface area contributed by atoms with Gasteiger partial charge in [0, 0.05) is 43.5 Å². The van der Waals surface area contributed by atoms with Gasteiger partial charge in [0.25, 0.3) is 5.91 Å². The van der Waals surface area contributed by atoms with Crippen molar-refractivity contribution in [1.82, 2.24) is 15.1 Å². The molecule has 0 atom stereocenters. The third-order valence-electron chi connectivity index (χ3n) is 5.28. The van der Waals surface area contributed by atoms with Crippen LogP contribution in [0.4, 0.5) is 16.2 Å². The zero-order valence-corrected chi connectivity index (χ0v) is 17.4. The van der Waals surface area contributed by atoms with Crippen LogP contribution in [-0.4, -0.2) is 41.2 Å². The number of nitrogens with zero attached hydrogens (tertiary/aromatic N) is 3. The van der Waals surface area contributed by atoms with Crippen LogP contribution < -0.4 is 15.5 Å². The van der Waals surface area contributed by atoms with E-state index in [0.717, 1.165) is 29.7 Å². The summed E-state index contributed by atoms with van der Waals surface area (Å²) in [5, 5.41) is 9.79. The number of rotatable bonds is 3. The van der Waals surface area contributed by atoms with Gasteiger partial charge in [-0.2, -0.15) is 5.10 Å². The fourth-order valence-corrected chi connectivity index (χ4v) is 3.65. The molecule has 0 spiro atoms. The largest absolute Gasteiger partial charge is 0.341 e. The van der Waals surface area contributed by atoms with E-state index in [0.29, 0.717) is 23.5 Å². The van der Waals surface area contributed by atoms with Gasteiger partial charge in [-0.05, 0) is 48.7 Å². The van der Waals surface area contributed by atoms with Crippen molar-refractivity contribution in [1.29, 1.82) is 0 Å². The van der Waals surface area contributed by atoms with Crippen LogP contribution in [0.2, 0.25) is 0 Å². The zero-order valence-electron chi connectivity index (χ0n) is 17.4. The predicted molar refractivity (Wildman–Crippen MR) is 118 cm³/mol. The van der Waals surface area contributed by atoms with Crippen LogP contribution in [0.25, 0.3) is 11.3 Å². The molecule has 0 radical (unpaired) electrons. The molecule has 0 fully saturated rings. The summed E-state index contributed by atoms with van der Waals surface area (Å²) in [7, 11) is 1.61. The Morgan fingerprint density at radius 2 is 1.81 bits per heavy atom. The molecule has 8 nitrogen and oxygen atoms in total. The van der Waals surface area contributed by atoms with E-state index in [1.165, 1.54) is 11.6 Å². The Hall–Kier alpha value is -3.94. The van der Waals surface area contributed by atoms with Crippen molar-refractivity contribution in [3.63, 3.8) is 0 Å². The molecule has 3 aromatic rings. The standard InChI is InChI=1S/C23H23N5O3/c1-15(29)28-13-11-20(26-28)16-5-7-18(8-6-16)22(30)25-19-10-9-17-4-3-12-27(21(17)14-19)23(31)24-2/h5-11,13-14H,3-4,12H2,1-2H3,(H,24,31)(H,25,30). The third kappa shape index (κ3) is 4.18. The molecule has 3 amide bonds. The van der Waals surface area contributed by atoms with E-state index in [1.54, 1.807) is 48.5 Å². The van der Waals surface area contributed by atoms with E-state index in [4.69, 9.17) is 0 Å². The van der Waals surface area contributed by atoms with Crippen molar-refractivity contribution in [3.05, 3.63) is 65.9 Å². The van der Waals surface area contributed by atoms with Crippen molar-refractivity contribution < 1.29 is 14.4 Å². The van der Waals surface area contributed by atoms with Gasteiger partial charge in [-0.3, -0.25) is 14.5 Å². The molecule has 0 saturated carbocycles. The Morgan fingerprint density at radius 1 is 1.03 bits per heavy atom. The van der Waals surface area contributed by atoms with Crippen molar-refractivity contribution >= 4 is 29.2 Å². The van der Waals surface area contributed by atoms with E-state index >= 15 is 0 Å². The topological polar surface area (TPSA) is 96.3 Å². The average molecular weight is 417 g/mol. The number of benzene rings is 2. The molecule has 2 N–H and O–H groups in total. The fourth-order valence-electron chi connectivity index (χ4n) is 3.65. The second kappa shape index (κ2) is 8.43. The summed E-state index contributed by atoms with van der Waals surface area (Å²) in [5.41, 5.74) is 4.50. The van der Waals surface area contributed by atoms with Crippen LogP contribution in [0.15, 0.2) is 54.7 Å². The molecule has 1 aliphatic heterocycles. The summed E-state index contributed by atoms with van der Waals surface area (Å²) >= 11 is 0. The molecule has 2 aromatic carbocycles. The molecule has 0 unspecified atom stereocenters. The summed E-state index contributed by atoms with van der Waals surface area (Å²) in [5.74, 6) is -0.412. The predicted octanol–water partition coefficient (Wildman–Crippen LogP) is 3.55. The van der Waals surface area contributed by atoms with Gasteiger partial charge in [0.1, 0.15) is 0 Å². The Morgan fingerprint density at radius 3 is 2.48 bits per heavy atom. The molecule has 1 aliphatic rings. The monoisotopic (exact) mass is 417 g/mol. The number of aromatic nitrogens is 2. The highest BCUT2D eigenvalue weighted by molar-refractivity contribution is 6.05. The first-order chi connectivity index (χ1) is 15.0. The molecule has 2 heterocycles. The van der Waals surface area contributed by atoms with Gasteiger partial charge in [0.15, 0.2) is 0 Å². The van der Waals surface area contributed by atoms with Gasteiger partial charge in [-0.25, -0.2) is 9.48 Å². The number of anilines is 2. The van der Waals surface area contributed by atoms with Crippen LogP contribution in [0.5, 0.6) is 0 Å². The van der Waals surface area contributed by atoms with Crippen LogP contribution in [0.3, 0.4) is 0 Å². The first-order valence-electron chi connectivity index (χ1n) is 10.1. The molecule has 0 bridgehead atoms. The van der Waals surface area contributed by atoms with Gasteiger partial charge in [-0.15, -0.1) is 0 Å². The maximum absolute atomic E-state index is 12.7. The Labute approximate surface area is 179 Å². The molecular weight excluding hydrogens is 394 g/mol. The van der Waals surface area contributed by atoms with Crippen molar-refractivity contribution in [2.75, 3.05) is 23.8 Å². The highest BCUT2D eigenvalue weighted by atomic mass is 16.2. The Bertz CT molecular complexity index is 1150. The maximum atomic E-state index is 12.7. The first kappa shape index (κ1) is 20.3. The molecule has 4 rings (SSSR count). The number of urea groups is 1. The highest BCUT2D eigenvalue weighted by Gasteiger charge is 2.22. The lowest BCUT2D eigenvalue weighted by Crippen LogP contribution is -2.41. The lowest BCUT2D eigenvalue weighted by Gasteiger charge is -2.29. The van der Waals surface area contributed by atoms with Gasteiger partial charge in [-0.1, -0.05) is 18.2 Å². The molecular formula is C23H23N5O3. The number of carbonyl (C=O) groups excluding carboxylic acids is 3. The molecule has 8 heteroatoms. The Balaban J connectivity index is 1.50. The molecule has 0 saturated heterocycles. The fraction of sp³-hybridized carbons (Fsp3) is 0.217. The van der Waals surface area contributed by atoms with E-state index in [-0.39, 0.29) is 17.8 Å². The van der Waals surface area contributed by atoms with E-state index in [1.807, 2.05) is 18.2 Å². The minimum atomic E-state index is -0.247. The van der Waals surface area contributed by atoms with E-state index in [2.05, 4.69) is 15.7 Å². The summed E-state index contributed by atoms with van der Waals surface area (Å²) in [6.07, 6.45) is 3.41. The normalized spacial score (nSPS) is 12.8. The van der Waals surface area contributed by atoms with Crippen LogP contribution >= 0.6 is 0 Å². The second-order valence-electron chi connectivity index (χ2n) is 7.35. The summed E-state index contributed by atoms with van der Waals surface area (Å²) in [6.45, 7) is 2.09.